The topological polar surface area (TPSA) is 78.1 Å². The highest BCUT2D eigenvalue weighted by Gasteiger charge is 2.15. The Bertz CT molecular complexity index is 1110. The number of nitrogens with zero attached hydrogens (tertiary/aromatic N) is 2. The Morgan fingerprint density at radius 3 is 2.50 bits per heavy atom. The van der Waals surface area contributed by atoms with Crippen molar-refractivity contribution in [3.05, 3.63) is 81.6 Å². The average molecular weight is 436 g/mol. The van der Waals surface area contributed by atoms with Crippen LogP contribution in [-0.4, -0.2) is 15.6 Å². The average Bonchev–Trinajstić information content (AvgIpc) is 2.95. The minimum absolute atomic E-state index is 0.000419. The van der Waals surface area contributed by atoms with Crippen molar-refractivity contribution in [3.8, 4) is 17.5 Å². The zero-order chi connectivity index (χ0) is 20.3. The van der Waals surface area contributed by atoms with Gasteiger partial charge in [-0.3, -0.25) is 4.79 Å². The number of carbonyl (C=O) groups is 1. The quantitative estimate of drug-likeness (QED) is 0.339. The summed E-state index contributed by atoms with van der Waals surface area (Å²) in [6.07, 6.45) is 1.59. The van der Waals surface area contributed by atoms with Gasteiger partial charge in [-0.1, -0.05) is 12.1 Å². The molecule has 0 aliphatic heterocycles. The molecule has 140 valence electrons. The molecule has 0 spiro atoms. The number of aromatic hydroxyl groups is 1. The van der Waals surface area contributed by atoms with E-state index in [-0.39, 0.29) is 11.3 Å². The first-order chi connectivity index (χ1) is 13.4. The number of benzene rings is 2. The van der Waals surface area contributed by atoms with Gasteiger partial charge in [0.2, 0.25) is 0 Å². The van der Waals surface area contributed by atoms with Gasteiger partial charge in [0.15, 0.2) is 0 Å². The predicted molar refractivity (Wildman–Crippen MR) is 113 cm³/mol. The molecule has 1 amide bonds. The number of para-hydroxylation sites is 1. The molecule has 1 heterocycles. The van der Waals surface area contributed by atoms with E-state index in [0.717, 1.165) is 27.1 Å². The molecule has 0 saturated carbocycles. The number of nitriles is 1. The second-order valence-electron chi connectivity index (χ2n) is 6.28. The Morgan fingerprint density at radius 2 is 1.86 bits per heavy atom. The lowest BCUT2D eigenvalue weighted by Crippen LogP contribution is -2.13. The first kappa shape index (κ1) is 19.5. The van der Waals surface area contributed by atoms with Crippen molar-refractivity contribution < 1.29 is 9.90 Å². The van der Waals surface area contributed by atoms with Crippen LogP contribution in [0.2, 0.25) is 0 Å². The number of hydrogen-bond donors (Lipinski definition) is 2. The van der Waals surface area contributed by atoms with E-state index in [1.54, 1.807) is 18.2 Å². The molecule has 0 saturated heterocycles. The van der Waals surface area contributed by atoms with Gasteiger partial charge in [0.05, 0.1) is 5.69 Å². The molecule has 0 radical (unpaired) electrons. The van der Waals surface area contributed by atoms with Crippen LogP contribution in [0.4, 0.5) is 5.69 Å². The molecule has 5 nitrogen and oxygen atoms in total. The molecule has 0 unspecified atom stereocenters. The van der Waals surface area contributed by atoms with Crippen LogP contribution in [0, 0.1) is 25.2 Å². The number of phenolic OH excluding ortho intramolecular Hbond substituents is 1. The number of rotatable bonds is 4. The van der Waals surface area contributed by atoms with Crippen molar-refractivity contribution in [2.24, 2.45) is 0 Å². The molecule has 3 aromatic rings. The highest BCUT2D eigenvalue weighted by atomic mass is 79.9. The van der Waals surface area contributed by atoms with E-state index < -0.39 is 5.91 Å². The summed E-state index contributed by atoms with van der Waals surface area (Å²) in [5, 5.41) is 21.5. The van der Waals surface area contributed by atoms with Crippen molar-refractivity contribution in [1.82, 2.24) is 4.57 Å². The van der Waals surface area contributed by atoms with Crippen molar-refractivity contribution in [2.75, 3.05) is 5.32 Å². The molecule has 2 aromatic carbocycles. The number of amides is 1. The lowest BCUT2D eigenvalue weighted by molar-refractivity contribution is -0.112. The number of anilines is 1. The second kappa shape index (κ2) is 8.15. The van der Waals surface area contributed by atoms with E-state index in [9.17, 15) is 15.2 Å². The third-order valence-corrected chi connectivity index (χ3v) is 5.02. The van der Waals surface area contributed by atoms with Gasteiger partial charge in [0, 0.05) is 21.5 Å². The summed E-state index contributed by atoms with van der Waals surface area (Å²) in [6.45, 7) is 3.93. The monoisotopic (exact) mass is 435 g/mol. The minimum Gasteiger partial charge on any atom is -0.508 e. The van der Waals surface area contributed by atoms with Crippen molar-refractivity contribution >= 4 is 33.6 Å². The summed E-state index contributed by atoms with van der Waals surface area (Å²) in [6, 6.07) is 17.9. The molecule has 3 rings (SSSR count). The molecular formula is C22H18BrN3O2. The molecule has 2 N–H and O–H groups in total. The van der Waals surface area contributed by atoms with Crippen LogP contribution in [0.1, 0.15) is 17.0 Å². The summed E-state index contributed by atoms with van der Waals surface area (Å²) < 4.78 is 3.03. The van der Waals surface area contributed by atoms with Crippen molar-refractivity contribution in [3.63, 3.8) is 0 Å². The van der Waals surface area contributed by atoms with E-state index in [1.165, 1.54) is 12.1 Å². The Balaban J connectivity index is 1.94. The number of phenols is 1. The Morgan fingerprint density at radius 1 is 1.18 bits per heavy atom. The minimum atomic E-state index is -0.501. The molecule has 0 aliphatic rings. The number of hydrogen-bond acceptors (Lipinski definition) is 3. The molecule has 0 fully saturated rings. The largest absolute Gasteiger partial charge is 0.508 e. The Hall–Kier alpha value is -3.30. The van der Waals surface area contributed by atoms with E-state index in [0.29, 0.717) is 5.69 Å². The van der Waals surface area contributed by atoms with Gasteiger partial charge in [0.1, 0.15) is 17.4 Å². The molecule has 1 aromatic heterocycles. The maximum atomic E-state index is 12.5. The van der Waals surface area contributed by atoms with Gasteiger partial charge < -0.3 is 15.0 Å². The van der Waals surface area contributed by atoms with E-state index >= 15 is 0 Å². The third kappa shape index (κ3) is 4.00. The van der Waals surface area contributed by atoms with Crippen molar-refractivity contribution in [1.29, 1.82) is 5.26 Å². The van der Waals surface area contributed by atoms with Crippen molar-refractivity contribution in [2.45, 2.75) is 13.8 Å². The number of aryl methyl sites for hydroxylation is 1. The fourth-order valence-electron chi connectivity index (χ4n) is 2.98. The van der Waals surface area contributed by atoms with Crippen LogP contribution in [0.5, 0.6) is 5.75 Å². The van der Waals surface area contributed by atoms with Gasteiger partial charge in [-0.05, 0) is 83.9 Å². The first-order valence-corrected chi connectivity index (χ1v) is 9.36. The fraction of sp³-hybridized carbons (Fsp3) is 0.0909. The highest BCUT2D eigenvalue weighted by Crippen LogP contribution is 2.27. The second-order valence-corrected chi connectivity index (χ2v) is 7.14. The summed E-state index contributed by atoms with van der Waals surface area (Å²) in [4.78, 5) is 12.5. The number of nitrogens with one attached hydrogen (secondary N) is 1. The zero-order valence-electron chi connectivity index (χ0n) is 15.4. The first-order valence-electron chi connectivity index (χ1n) is 8.56. The van der Waals surface area contributed by atoms with Gasteiger partial charge in [-0.15, -0.1) is 0 Å². The van der Waals surface area contributed by atoms with Gasteiger partial charge in [-0.25, -0.2) is 0 Å². The lowest BCUT2D eigenvalue weighted by Gasteiger charge is -2.11. The van der Waals surface area contributed by atoms with Gasteiger partial charge >= 0.3 is 0 Å². The van der Waals surface area contributed by atoms with Crippen LogP contribution >= 0.6 is 15.9 Å². The van der Waals surface area contributed by atoms with Crippen LogP contribution in [0.15, 0.2) is 64.6 Å². The smallest absolute Gasteiger partial charge is 0.266 e. The molecule has 0 atom stereocenters. The fourth-order valence-corrected chi connectivity index (χ4v) is 3.45. The molecule has 6 heteroatoms. The molecule has 0 bridgehead atoms. The van der Waals surface area contributed by atoms with Crippen LogP contribution in [-0.2, 0) is 4.79 Å². The van der Waals surface area contributed by atoms with E-state index in [2.05, 4.69) is 25.8 Å². The number of carbonyl (C=O) groups excluding carboxylic acids is 1. The van der Waals surface area contributed by atoms with Gasteiger partial charge in [-0.2, -0.15) is 5.26 Å². The standard InChI is InChI=1S/C22H18BrN3O2/c1-14-11-16(15(2)26(14)21-6-4-3-5-20(21)23)12-17(13-24)22(28)25-18-7-9-19(27)10-8-18/h3-12,27H,1-2H3,(H,25,28)/b17-12-. The van der Waals surface area contributed by atoms with Crippen LogP contribution in [0.3, 0.4) is 0 Å². The molecular weight excluding hydrogens is 418 g/mol. The summed E-state index contributed by atoms with van der Waals surface area (Å²) >= 11 is 3.57. The summed E-state index contributed by atoms with van der Waals surface area (Å²) in [7, 11) is 0. The van der Waals surface area contributed by atoms with Gasteiger partial charge in [0.25, 0.3) is 5.91 Å². The summed E-state index contributed by atoms with van der Waals surface area (Å²) in [5.41, 5.74) is 4.21. The third-order valence-electron chi connectivity index (χ3n) is 4.35. The molecule has 28 heavy (non-hydrogen) atoms. The Kier molecular flexibility index (Phi) is 5.67. The number of aromatic nitrogens is 1. The normalized spacial score (nSPS) is 11.1. The van der Waals surface area contributed by atoms with E-state index in [4.69, 9.17) is 0 Å². The highest BCUT2D eigenvalue weighted by molar-refractivity contribution is 9.10. The Labute approximate surface area is 171 Å². The summed E-state index contributed by atoms with van der Waals surface area (Å²) in [5.74, 6) is -0.396. The van der Waals surface area contributed by atoms with E-state index in [1.807, 2.05) is 50.2 Å². The molecule has 0 aliphatic carbocycles. The lowest BCUT2D eigenvalue weighted by atomic mass is 10.1. The van der Waals surface area contributed by atoms with Crippen LogP contribution in [0.25, 0.3) is 11.8 Å². The maximum Gasteiger partial charge on any atom is 0.266 e. The number of halogens is 1. The predicted octanol–water partition coefficient (Wildman–Crippen LogP) is 5.11. The zero-order valence-corrected chi connectivity index (χ0v) is 17.0. The SMILES string of the molecule is Cc1cc(/C=C(/C#N)C(=O)Nc2ccc(O)cc2)c(C)n1-c1ccccc1Br. The maximum absolute atomic E-state index is 12.5. The van der Waals surface area contributed by atoms with Crippen LogP contribution < -0.4 is 5.32 Å².